The van der Waals surface area contributed by atoms with Crippen LogP contribution in [0, 0.1) is 18.7 Å². The average Bonchev–Trinajstić information content (AvgIpc) is 3.01. The highest BCUT2D eigenvalue weighted by atomic mass is 32.2. The van der Waals surface area contributed by atoms with E-state index in [9.17, 15) is 17.6 Å². The van der Waals surface area contributed by atoms with E-state index in [0.29, 0.717) is 19.5 Å². The van der Waals surface area contributed by atoms with Crippen molar-refractivity contribution in [3.05, 3.63) is 48.3 Å². The Morgan fingerprint density at radius 1 is 1.30 bits per heavy atom. The number of aromatic nitrogens is 2. The van der Waals surface area contributed by atoms with Crippen LogP contribution in [-0.2, 0) is 21.4 Å². The van der Waals surface area contributed by atoms with Gasteiger partial charge in [0.15, 0.2) is 0 Å². The number of hydrogen-bond acceptors (Lipinski definition) is 4. The molecule has 7 nitrogen and oxygen atoms in total. The first kappa shape index (κ1) is 21.0. The maximum Gasteiger partial charge on any atom is 0.244 e. The molecule has 0 radical (unpaired) electrons. The number of carbonyl (C=O) groups is 1. The molecule has 0 unspecified atom stereocenters. The second-order valence-corrected chi connectivity index (χ2v) is 8.27. The zero-order valence-corrected chi connectivity index (χ0v) is 16.5. The molecule has 2 N–H and O–H groups in total. The fourth-order valence-electron chi connectivity index (χ4n) is 2.60. The van der Waals surface area contributed by atoms with Gasteiger partial charge in [-0.05, 0) is 31.4 Å². The summed E-state index contributed by atoms with van der Waals surface area (Å²) in [5.74, 6) is -0.711. The van der Waals surface area contributed by atoms with Crippen molar-refractivity contribution in [2.45, 2.75) is 44.7 Å². The van der Waals surface area contributed by atoms with E-state index in [0.717, 1.165) is 11.9 Å². The minimum Gasteiger partial charge on any atom is -0.355 e. The molecule has 148 valence electrons. The molecule has 1 amide bonds. The number of amides is 1. The molecule has 0 spiro atoms. The molecular weight excluding hydrogens is 371 g/mol. The lowest BCUT2D eigenvalue weighted by Gasteiger charge is -2.22. The molecule has 9 heteroatoms. The highest BCUT2D eigenvalue weighted by molar-refractivity contribution is 7.89. The Bertz CT molecular complexity index is 880. The highest BCUT2D eigenvalue weighted by Gasteiger charge is 2.29. The van der Waals surface area contributed by atoms with Gasteiger partial charge in [0.2, 0.25) is 15.9 Å². The van der Waals surface area contributed by atoms with Gasteiger partial charge in [-0.1, -0.05) is 26.0 Å². The molecule has 2 aromatic rings. The summed E-state index contributed by atoms with van der Waals surface area (Å²) in [4.78, 5) is 16.1. The predicted molar refractivity (Wildman–Crippen MR) is 99.9 cm³/mol. The van der Waals surface area contributed by atoms with Crippen LogP contribution in [0.5, 0.6) is 0 Å². The first-order valence-corrected chi connectivity index (χ1v) is 10.2. The number of nitrogens with zero attached hydrogens (tertiary/aromatic N) is 2. The van der Waals surface area contributed by atoms with E-state index in [1.807, 2.05) is 17.7 Å². The maximum atomic E-state index is 13.8. The van der Waals surface area contributed by atoms with Gasteiger partial charge in [0.25, 0.3) is 0 Å². The van der Waals surface area contributed by atoms with Crippen molar-refractivity contribution in [2.24, 2.45) is 5.92 Å². The van der Waals surface area contributed by atoms with E-state index in [4.69, 9.17) is 0 Å². The number of halogens is 1. The van der Waals surface area contributed by atoms with E-state index in [1.165, 1.54) is 18.2 Å². The van der Waals surface area contributed by atoms with Gasteiger partial charge in [0.1, 0.15) is 22.6 Å². The molecule has 0 fully saturated rings. The van der Waals surface area contributed by atoms with E-state index in [1.54, 1.807) is 20.0 Å². The third-order valence-corrected chi connectivity index (χ3v) is 5.63. The molecule has 27 heavy (non-hydrogen) atoms. The smallest absolute Gasteiger partial charge is 0.244 e. The first-order chi connectivity index (χ1) is 12.7. The fraction of sp³-hybridized carbons (Fsp3) is 0.444. The number of benzene rings is 1. The summed E-state index contributed by atoms with van der Waals surface area (Å²) in [6.45, 7) is 6.43. The van der Waals surface area contributed by atoms with Crippen molar-refractivity contribution in [1.82, 2.24) is 19.6 Å². The zero-order valence-electron chi connectivity index (χ0n) is 15.6. The van der Waals surface area contributed by atoms with Crippen molar-refractivity contribution < 1.29 is 17.6 Å². The molecular formula is C18H25FN4O3S. The van der Waals surface area contributed by atoms with Gasteiger partial charge in [0.05, 0.1) is 0 Å². The Morgan fingerprint density at radius 2 is 2.00 bits per heavy atom. The second kappa shape index (κ2) is 9.09. The molecule has 0 saturated carbocycles. The molecule has 0 saturated heterocycles. The number of imidazole rings is 1. The van der Waals surface area contributed by atoms with Gasteiger partial charge in [0, 0.05) is 25.5 Å². The largest absolute Gasteiger partial charge is 0.355 e. The summed E-state index contributed by atoms with van der Waals surface area (Å²) in [5.41, 5.74) is 0. The number of rotatable bonds is 9. The minimum absolute atomic E-state index is 0.303. The Kier molecular flexibility index (Phi) is 7.09. The molecule has 1 atom stereocenters. The lowest BCUT2D eigenvalue weighted by molar-refractivity contribution is -0.123. The van der Waals surface area contributed by atoms with Gasteiger partial charge in [-0.25, -0.2) is 17.8 Å². The van der Waals surface area contributed by atoms with Gasteiger partial charge in [-0.3, -0.25) is 4.79 Å². The van der Waals surface area contributed by atoms with E-state index in [2.05, 4.69) is 15.0 Å². The van der Waals surface area contributed by atoms with Crippen LogP contribution in [0.1, 0.15) is 26.1 Å². The van der Waals surface area contributed by atoms with Crippen molar-refractivity contribution in [2.75, 3.05) is 6.54 Å². The first-order valence-electron chi connectivity index (χ1n) is 8.74. The summed E-state index contributed by atoms with van der Waals surface area (Å²) < 4.78 is 43.0. The summed E-state index contributed by atoms with van der Waals surface area (Å²) in [6.07, 6.45) is 4.24. The van der Waals surface area contributed by atoms with Crippen molar-refractivity contribution >= 4 is 15.9 Å². The van der Waals surface area contributed by atoms with Crippen LogP contribution in [0.15, 0.2) is 41.6 Å². The van der Waals surface area contributed by atoms with Crippen LogP contribution < -0.4 is 10.0 Å². The number of carbonyl (C=O) groups excluding carboxylic acids is 1. The average molecular weight is 396 g/mol. The predicted octanol–water partition coefficient (Wildman–Crippen LogP) is 1.84. The highest BCUT2D eigenvalue weighted by Crippen LogP contribution is 2.15. The Hall–Kier alpha value is -2.26. The molecule has 1 aromatic heterocycles. The van der Waals surface area contributed by atoms with E-state index < -0.39 is 32.7 Å². The van der Waals surface area contributed by atoms with Crippen LogP contribution in [0.3, 0.4) is 0 Å². The zero-order chi connectivity index (χ0) is 20.0. The molecule has 0 aliphatic rings. The van der Waals surface area contributed by atoms with Crippen molar-refractivity contribution in [1.29, 1.82) is 0 Å². The Balaban J connectivity index is 1.96. The lowest BCUT2D eigenvalue weighted by atomic mass is 10.1. The molecule has 0 aliphatic heterocycles. The Labute approximate surface area is 159 Å². The van der Waals surface area contributed by atoms with Gasteiger partial charge in [-0.2, -0.15) is 4.72 Å². The third-order valence-electron chi connectivity index (χ3n) is 4.16. The maximum absolute atomic E-state index is 13.8. The summed E-state index contributed by atoms with van der Waals surface area (Å²) in [7, 11) is -4.15. The van der Waals surface area contributed by atoms with Crippen LogP contribution in [0.2, 0.25) is 0 Å². The standard InChI is InChI=1S/C18H25FN4O3S/c1-13(2)17(22-27(25,26)16-8-5-4-7-15(16)19)18(24)21-9-6-11-23-12-10-20-14(23)3/h4-5,7-8,10,12-13,17,22H,6,9,11H2,1-3H3,(H,21,24)/t17-/m0/s1. The van der Waals surface area contributed by atoms with E-state index in [-0.39, 0.29) is 5.92 Å². The van der Waals surface area contributed by atoms with Crippen LogP contribution >= 0.6 is 0 Å². The summed E-state index contributed by atoms with van der Waals surface area (Å²) >= 11 is 0. The molecule has 1 aromatic carbocycles. The normalized spacial score (nSPS) is 12.9. The lowest BCUT2D eigenvalue weighted by Crippen LogP contribution is -2.49. The van der Waals surface area contributed by atoms with Crippen LogP contribution in [0.25, 0.3) is 0 Å². The minimum atomic E-state index is -4.15. The fourth-order valence-corrected chi connectivity index (χ4v) is 4.02. The number of nitrogens with one attached hydrogen (secondary N) is 2. The Morgan fingerprint density at radius 3 is 2.59 bits per heavy atom. The number of sulfonamides is 1. The van der Waals surface area contributed by atoms with E-state index >= 15 is 0 Å². The quantitative estimate of drug-likeness (QED) is 0.633. The SMILES string of the molecule is Cc1nccn1CCCNC(=O)[C@@H](NS(=O)(=O)c1ccccc1F)C(C)C. The third kappa shape index (κ3) is 5.61. The topological polar surface area (TPSA) is 93.1 Å². The second-order valence-electron chi connectivity index (χ2n) is 6.59. The van der Waals surface area contributed by atoms with Crippen LogP contribution in [0.4, 0.5) is 4.39 Å². The number of hydrogen-bond donors (Lipinski definition) is 2. The van der Waals surface area contributed by atoms with Gasteiger partial charge < -0.3 is 9.88 Å². The number of aryl methyl sites for hydroxylation is 2. The summed E-state index contributed by atoms with van der Waals surface area (Å²) in [5, 5.41) is 2.74. The summed E-state index contributed by atoms with van der Waals surface area (Å²) in [6, 6.07) is 4.07. The molecule has 1 heterocycles. The van der Waals surface area contributed by atoms with Gasteiger partial charge in [-0.15, -0.1) is 0 Å². The van der Waals surface area contributed by atoms with Crippen LogP contribution in [-0.4, -0.2) is 36.5 Å². The molecule has 2 rings (SSSR count). The molecule has 0 aliphatic carbocycles. The van der Waals surface area contributed by atoms with Gasteiger partial charge >= 0.3 is 0 Å². The molecule has 0 bridgehead atoms. The monoisotopic (exact) mass is 396 g/mol. The van der Waals surface area contributed by atoms with Crippen molar-refractivity contribution in [3.8, 4) is 0 Å². The van der Waals surface area contributed by atoms with Crippen molar-refractivity contribution in [3.63, 3.8) is 0 Å².